The summed E-state index contributed by atoms with van der Waals surface area (Å²) in [4.78, 5) is 8.62. The fraction of sp³-hybridized carbons (Fsp3) is 0.714. The largest absolute Gasteiger partial charge is 0.384 e. The fourth-order valence-electron chi connectivity index (χ4n) is 2.82. The van der Waals surface area contributed by atoms with Crippen LogP contribution in [0.1, 0.15) is 40.4 Å². The Morgan fingerprint density at radius 2 is 1.83 bits per heavy atom. The molecule has 0 unspecified atom stereocenters. The molecule has 0 spiro atoms. The van der Waals surface area contributed by atoms with Gasteiger partial charge < -0.3 is 11.1 Å². The molecule has 1 heterocycles. The van der Waals surface area contributed by atoms with Crippen molar-refractivity contribution in [3.63, 3.8) is 0 Å². The van der Waals surface area contributed by atoms with Crippen molar-refractivity contribution < 1.29 is 0 Å². The van der Waals surface area contributed by atoms with Gasteiger partial charge in [-0.1, -0.05) is 34.6 Å². The predicted molar refractivity (Wildman–Crippen MR) is 75.4 cm³/mol. The van der Waals surface area contributed by atoms with Gasteiger partial charge in [0.1, 0.15) is 17.5 Å². The van der Waals surface area contributed by atoms with E-state index in [4.69, 9.17) is 5.73 Å². The van der Waals surface area contributed by atoms with E-state index in [0.29, 0.717) is 22.6 Å². The Morgan fingerprint density at radius 1 is 1.22 bits per heavy atom. The van der Waals surface area contributed by atoms with Gasteiger partial charge in [-0.3, -0.25) is 0 Å². The molecule has 18 heavy (non-hydrogen) atoms. The molecule has 1 aliphatic rings. The third-order valence-corrected chi connectivity index (χ3v) is 4.92. The van der Waals surface area contributed by atoms with Gasteiger partial charge in [-0.25, -0.2) is 9.97 Å². The molecule has 1 aliphatic carbocycles. The van der Waals surface area contributed by atoms with Crippen LogP contribution in [0, 0.1) is 16.7 Å². The highest BCUT2D eigenvalue weighted by Gasteiger charge is 2.64. The molecule has 4 heteroatoms. The third-order valence-electron chi connectivity index (χ3n) is 4.92. The van der Waals surface area contributed by atoms with Gasteiger partial charge in [-0.2, -0.15) is 0 Å². The van der Waals surface area contributed by atoms with Gasteiger partial charge in [0.05, 0.1) is 0 Å². The first-order valence-electron chi connectivity index (χ1n) is 6.66. The smallest absolute Gasteiger partial charge is 0.132 e. The van der Waals surface area contributed by atoms with E-state index in [9.17, 15) is 0 Å². The van der Waals surface area contributed by atoms with Gasteiger partial charge >= 0.3 is 0 Å². The van der Waals surface area contributed by atoms with Crippen molar-refractivity contribution in [2.75, 3.05) is 17.6 Å². The number of aryl methyl sites for hydroxylation is 1. The summed E-state index contributed by atoms with van der Waals surface area (Å²) in [6, 6.07) is 1.81. The van der Waals surface area contributed by atoms with Crippen LogP contribution in [0.15, 0.2) is 6.07 Å². The van der Waals surface area contributed by atoms with Crippen LogP contribution >= 0.6 is 0 Å². The monoisotopic (exact) mass is 248 g/mol. The lowest BCUT2D eigenvalue weighted by molar-refractivity contribution is 0.457. The second-order valence-electron chi connectivity index (χ2n) is 6.32. The van der Waals surface area contributed by atoms with Gasteiger partial charge in [0.2, 0.25) is 0 Å². The number of aromatic nitrogens is 2. The lowest BCUT2D eigenvalue weighted by atomic mass is 10.0. The van der Waals surface area contributed by atoms with Crippen LogP contribution in [-0.2, 0) is 6.42 Å². The second-order valence-corrected chi connectivity index (χ2v) is 6.32. The Kier molecular flexibility index (Phi) is 2.99. The van der Waals surface area contributed by atoms with Crippen LogP contribution in [0.2, 0.25) is 0 Å². The molecule has 100 valence electrons. The Balaban J connectivity index is 2.02. The zero-order valence-electron chi connectivity index (χ0n) is 12.0. The highest BCUT2D eigenvalue weighted by Crippen LogP contribution is 2.68. The zero-order chi connectivity index (χ0) is 13.6. The van der Waals surface area contributed by atoms with Crippen LogP contribution in [-0.4, -0.2) is 16.5 Å². The van der Waals surface area contributed by atoms with Crippen molar-refractivity contribution in [3.8, 4) is 0 Å². The summed E-state index contributed by atoms with van der Waals surface area (Å²) in [6.07, 6.45) is 0.806. The minimum absolute atomic E-state index is 0.395. The maximum Gasteiger partial charge on any atom is 0.132 e. The molecule has 1 saturated carbocycles. The Morgan fingerprint density at radius 3 is 2.33 bits per heavy atom. The van der Waals surface area contributed by atoms with Gasteiger partial charge in [-0.05, 0) is 16.7 Å². The van der Waals surface area contributed by atoms with Gasteiger partial charge in [-0.15, -0.1) is 0 Å². The number of nitrogens with one attached hydrogen (secondary N) is 1. The minimum Gasteiger partial charge on any atom is -0.384 e. The van der Waals surface area contributed by atoms with Crippen molar-refractivity contribution in [2.24, 2.45) is 16.7 Å². The number of nitrogens with two attached hydrogens (primary N) is 1. The average Bonchev–Trinajstić information content (AvgIpc) is 2.66. The predicted octanol–water partition coefficient (Wildman–Crippen LogP) is 2.72. The molecular formula is C14H24N4. The molecule has 1 aromatic heterocycles. The molecule has 0 saturated heterocycles. The summed E-state index contributed by atoms with van der Waals surface area (Å²) < 4.78 is 0. The lowest BCUT2D eigenvalue weighted by Crippen LogP contribution is -2.11. The summed E-state index contributed by atoms with van der Waals surface area (Å²) in [5.41, 5.74) is 6.56. The molecule has 0 amide bonds. The molecule has 0 radical (unpaired) electrons. The van der Waals surface area contributed by atoms with Crippen LogP contribution in [0.5, 0.6) is 0 Å². The molecule has 4 nitrogen and oxygen atoms in total. The van der Waals surface area contributed by atoms with E-state index < -0.39 is 0 Å². The van der Waals surface area contributed by atoms with E-state index >= 15 is 0 Å². The van der Waals surface area contributed by atoms with Crippen molar-refractivity contribution in [3.05, 3.63) is 11.9 Å². The molecule has 0 bridgehead atoms. The molecule has 2 rings (SSSR count). The molecule has 0 aliphatic heterocycles. The molecular weight excluding hydrogens is 224 g/mol. The highest BCUT2D eigenvalue weighted by atomic mass is 15.1. The highest BCUT2D eigenvalue weighted by molar-refractivity contribution is 5.45. The van der Waals surface area contributed by atoms with Crippen molar-refractivity contribution in [1.29, 1.82) is 0 Å². The topological polar surface area (TPSA) is 63.8 Å². The quantitative estimate of drug-likeness (QED) is 0.860. The van der Waals surface area contributed by atoms with E-state index in [0.717, 1.165) is 24.6 Å². The first-order valence-corrected chi connectivity index (χ1v) is 6.66. The maximum atomic E-state index is 5.77. The summed E-state index contributed by atoms with van der Waals surface area (Å²) in [5, 5.41) is 3.40. The van der Waals surface area contributed by atoms with E-state index in [1.807, 2.05) is 13.0 Å². The molecule has 3 N–H and O–H groups in total. The molecule has 0 atom stereocenters. The van der Waals surface area contributed by atoms with Gasteiger partial charge in [0, 0.05) is 19.0 Å². The van der Waals surface area contributed by atoms with Crippen LogP contribution in [0.4, 0.5) is 11.6 Å². The van der Waals surface area contributed by atoms with Crippen LogP contribution < -0.4 is 11.1 Å². The van der Waals surface area contributed by atoms with Gasteiger partial charge in [0.25, 0.3) is 0 Å². The first kappa shape index (κ1) is 13.1. The summed E-state index contributed by atoms with van der Waals surface area (Å²) in [7, 11) is 0. The van der Waals surface area contributed by atoms with E-state index in [2.05, 4.69) is 43.0 Å². The SMILES string of the molecule is CCc1nc(N)cc(NCC2C(C)(C)C2(C)C)n1. The number of rotatable bonds is 4. The summed E-state index contributed by atoms with van der Waals surface area (Å²) >= 11 is 0. The number of hydrogen-bond donors (Lipinski definition) is 2. The number of nitrogen functional groups attached to an aromatic ring is 1. The van der Waals surface area contributed by atoms with E-state index in [-0.39, 0.29) is 0 Å². The summed E-state index contributed by atoms with van der Waals surface area (Å²) in [6.45, 7) is 12.3. The average molecular weight is 248 g/mol. The lowest BCUT2D eigenvalue weighted by Gasteiger charge is -2.08. The second kappa shape index (κ2) is 4.11. The molecule has 1 aromatic rings. The normalized spacial score (nSPS) is 20.7. The van der Waals surface area contributed by atoms with Crippen LogP contribution in [0.3, 0.4) is 0 Å². The minimum atomic E-state index is 0.395. The fourth-order valence-corrected chi connectivity index (χ4v) is 2.82. The number of anilines is 2. The molecule has 0 aromatic carbocycles. The van der Waals surface area contributed by atoms with Crippen molar-refractivity contribution in [1.82, 2.24) is 9.97 Å². The zero-order valence-corrected chi connectivity index (χ0v) is 12.0. The standard InChI is InChI=1S/C14H24N4/c1-6-11-17-10(15)7-12(18-11)16-8-9-13(2,3)14(9,4)5/h7,9H,6,8H2,1-5H3,(H3,15,16,17,18). The summed E-state index contributed by atoms with van der Waals surface area (Å²) in [5.74, 6) is 2.86. The van der Waals surface area contributed by atoms with Crippen LogP contribution in [0.25, 0.3) is 0 Å². The Hall–Kier alpha value is -1.32. The van der Waals surface area contributed by atoms with Gasteiger partial charge in [0.15, 0.2) is 0 Å². The number of hydrogen-bond acceptors (Lipinski definition) is 4. The third kappa shape index (κ3) is 2.04. The first-order chi connectivity index (χ1) is 8.29. The maximum absolute atomic E-state index is 5.77. The van der Waals surface area contributed by atoms with E-state index in [1.165, 1.54) is 0 Å². The molecule has 1 fully saturated rings. The Labute approximate surface area is 109 Å². The van der Waals surface area contributed by atoms with Crippen molar-refractivity contribution >= 4 is 11.6 Å². The van der Waals surface area contributed by atoms with E-state index in [1.54, 1.807) is 0 Å². The number of nitrogens with zero attached hydrogens (tertiary/aromatic N) is 2. The van der Waals surface area contributed by atoms with Crippen molar-refractivity contribution in [2.45, 2.75) is 41.0 Å². The Bertz CT molecular complexity index is 437.